The number of anilines is 1. The van der Waals surface area contributed by atoms with Crippen LogP contribution in [0.15, 0.2) is 71.6 Å². The molecule has 1 heterocycles. The van der Waals surface area contributed by atoms with E-state index in [1.165, 1.54) is 29.5 Å². The van der Waals surface area contributed by atoms with Crippen LogP contribution in [-0.4, -0.2) is 20.5 Å². The summed E-state index contributed by atoms with van der Waals surface area (Å²) in [7, 11) is -2.39. The number of nitrogens with one attached hydrogen (secondary N) is 1. The van der Waals surface area contributed by atoms with E-state index in [0.717, 1.165) is 32.6 Å². The fourth-order valence-corrected chi connectivity index (χ4v) is 4.85. The highest BCUT2D eigenvalue weighted by Gasteiger charge is 2.18. The number of thiazole rings is 1. The zero-order valence-electron chi connectivity index (χ0n) is 14.7. The highest BCUT2D eigenvalue weighted by molar-refractivity contribution is 7.92. The van der Waals surface area contributed by atoms with E-state index in [-0.39, 0.29) is 4.90 Å². The second kappa shape index (κ2) is 7.21. The second-order valence-electron chi connectivity index (χ2n) is 5.97. The summed E-state index contributed by atoms with van der Waals surface area (Å²) in [5.74, 6) is -0.0304. The van der Waals surface area contributed by atoms with Gasteiger partial charge in [0.05, 0.1) is 17.3 Å². The lowest BCUT2D eigenvalue weighted by Gasteiger charge is -2.09. The van der Waals surface area contributed by atoms with Crippen LogP contribution in [0.2, 0.25) is 0 Å². The number of hydrogen-bond acceptors (Lipinski definition) is 5. The maximum absolute atomic E-state index is 13.8. The van der Waals surface area contributed by atoms with Crippen molar-refractivity contribution in [2.45, 2.75) is 4.90 Å². The molecule has 1 N–H and O–H groups in total. The van der Waals surface area contributed by atoms with Crippen LogP contribution in [0, 0.1) is 5.82 Å². The molecule has 0 saturated carbocycles. The Morgan fingerprint density at radius 1 is 1.04 bits per heavy atom. The maximum Gasteiger partial charge on any atom is 0.264 e. The molecule has 142 valence electrons. The fourth-order valence-electron chi connectivity index (χ4n) is 2.71. The summed E-state index contributed by atoms with van der Waals surface area (Å²) in [6.07, 6.45) is 0. The van der Waals surface area contributed by atoms with E-state index in [9.17, 15) is 12.8 Å². The summed E-state index contributed by atoms with van der Waals surface area (Å²) >= 11 is 1.52. The first kappa shape index (κ1) is 18.4. The molecule has 8 heteroatoms. The topological polar surface area (TPSA) is 68.3 Å². The zero-order chi connectivity index (χ0) is 19.7. The van der Waals surface area contributed by atoms with Crippen LogP contribution in [-0.2, 0) is 10.0 Å². The first-order chi connectivity index (χ1) is 13.5. The van der Waals surface area contributed by atoms with Gasteiger partial charge >= 0.3 is 0 Å². The molecular formula is C20H15FN2O3S2. The average Bonchev–Trinajstić information content (AvgIpc) is 3.11. The molecule has 3 aromatic carbocycles. The van der Waals surface area contributed by atoms with E-state index in [4.69, 9.17) is 4.74 Å². The van der Waals surface area contributed by atoms with Crippen LogP contribution in [0.3, 0.4) is 0 Å². The third kappa shape index (κ3) is 3.56. The minimum Gasteiger partial charge on any atom is -0.497 e. The Kier molecular flexibility index (Phi) is 4.74. The van der Waals surface area contributed by atoms with E-state index >= 15 is 0 Å². The predicted octanol–water partition coefficient (Wildman–Crippen LogP) is 4.91. The van der Waals surface area contributed by atoms with E-state index in [1.807, 2.05) is 18.2 Å². The quantitative estimate of drug-likeness (QED) is 0.504. The highest BCUT2D eigenvalue weighted by atomic mass is 32.2. The summed E-state index contributed by atoms with van der Waals surface area (Å²) in [6, 6.07) is 17.7. The third-order valence-corrected chi connectivity index (χ3v) is 6.59. The first-order valence-electron chi connectivity index (χ1n) is 8.29. The van der Waals surface area contributed by atoms with E-state index in [1.54, 1.807) is 31.4 Å². The smallest absolute Gasteiger partial charge is 0.264 e. The van der Waals surface area contributed by atoms with Crippen molar-refractivity contribution in [2.75, 3.05) is 11.8 Å². The molecule has 0 amide bonds. The Labute approximate surface area is 165 Å². The van der Waals surface area contributed by atoms with Crippen molar-refractivity contribution >= 4 is 37.3 Å². The number of hydrogen-bond donors (Lipinski definition) is 1. The molecule has 0 fully saturated rings. The largest absolute Gasteiger partial charge is 0.497 e. The van der Waals surface area contributed by atoms with Crippen molar-refractivity contribution in [3.63, 3.8) is 0 Å². The second-order valence-corrected chi connectivity index (χ2v) is 8.65. The van der Waals surface area contributed by atoms with Crippen LogP contribution < -0.4 is 9.46 Å². The number of sulfonamides is 1. The normalized spacial score (nSPS) is 11.5. The Morgan fingerprint density at radius 2 is 1.79 bits per heavy atom. The molecule has 5 nitrogen and oxygen atoms in total. The summed E-state index contributed by atoms with van der Waals surface area (Å²) in [5.41, 5.74) is 2.06. The SMILES string of the molecule is COc1ccc2nc(-c3ccc(NS(=O)(=O)c4ccccc4F)cc3)sc2c1. The molecule has 0 saturated heterocycles. The number of rotatable bonds is 5. The molecule has 4 rings (SSSR count). The van der Waals surface area contributed by atoms with Gasteiger partial charge in [-0.1, -0.05) is 12.1 Å². The number of fused-ring (bicyclic) bond motifs is 1. The molecule has 0 bridgehead atoms. The molecular weight excluding hydrogens is 399 g/mol. The van der Waals surface area contributed by atoms with Gasteiger partial charge in [-0.25, -0.2) is 17.8 Å². The number of benzene rings is 3. The van der Waals surface area contributed by atoms with Gasteiger partial charge in [-0.05, 0) is 54.6 Å². The number of methoxy groups -OCH3 is 1. The standard InChI is InChI=1S/C20H15FN2O3S2/c1-26-15-10-11-17-18(12-15)27-20(22-17)13-6-8-14(9-7-13)23-28(24,25)19-5-3-2-4-16(19)21/h2-12,23H,1H3. The van der Waals surface area contributed by atoms with Gasteiger partial charge in [-0.15, -0.1) is 11.3 Å². The van der Waals surface area contributed by atoms with Crippen molar-refractivity contribution in [3.8, 4) is 16.3 Å². The lowest BCUT2D eigenvalue weighted by atomic mass is 10.2. The molecule has 0 spiro atoms. The number of aromatic nitrogens is 1. The molecule has 0 atom stereocenters. The summed E-state index contributed by atoms with van der Waals surface area (Å²) in [4.78, 5) is 4.21. The van der Waals surface area contributed by atoms with Crippen LogP contribution in [0.5, 0.6) is 5.75 Å². The maximum atomic E-state index is 13.8. The van der Waals surface area contributed by atoms with Crippen molar-refractivity contribution < 1.29 is 17.5 Å². The molecule has 28 heavy (non-hydrogen) atoms. The van der Waals surface area contributed by atoms with E-state index < -0.39 is 15.8 Å². The van der Waals surface area contributed by atoms with Crippen LogP contribution >= 0.6 is 11.3 Å². The van der Waals surface area contributed by atoms with Gasteiger partial charge in [-0.2, -0.15) is 0 Å². The minimum absolute atomic E-state index is 0.342. The lowest BCUT2D eigenvalue weighted by molar-refractivity contribution is 0.415. The number of ether oxygens (including phenoxy) is 1. The molecule has 0 unspecified atom stereocenters. The third-order valence-electron chi connectivity index (χ3n) is 4.11. The lowest BCUT2D eigenvalue weighted by Crippen LogP contribution is -2.14. The molecule has 0 radical (unpaired) electrons. The van der Waals surface area contributed by atoms with Crippen molar-refractivity contribution in [1.82, 2.24) is 4.98 Å². The van der Waals surface area contributed by atoms with Gasteiger partial charge in [0.1, 0.15) is 21.5 Å². The Hall–Kier alpha value is -2.97. The first-order valence-corrected chi connectivity index (χ1v) is 10.6. The average molecular weight is 414 g/mol. The fraction of sp³-hybridized carbons (Fsp3) is 0.0500. The van der Waals surface area contributed by atoms with Gasteiger partial charge in [0.25, 0.3) is 10.0 Å². The molecule has 1 aromatic heterocycles. The summed E-state index contributed by atoms with van der Waals surface area (Å²) < 4.78 is 47.2. The zero-order valence-corrected chi connectivity index (χ0v) is 16.4. The van der Waals surface area contributed by atoms with Gasteiger partial charge in [0.2, 0.25) is 0 Å². The minimum atomic E-state index is -4.00. The highest BCUT2D eigenvalue weighted by Crippen LogP contribution is 2.33. The van der Waals surface area contributed by atoms with Gasteiger partial charge in [-0.3, -0.25) is 4.72 Å². The summed E-state index contributed by atoms with van der Waals surface area (Å²) in [5, 5.41) is 0.812. The molecule has 0 aliphatic carbocycles. The molecule has 0 aliphatic heterocycles. The van der Waals surface area contributed by atoms with Crippen LogP contribution in [0.25, 0.3) is 20.8 Å². The van der Waals surface area contributed by atoms with E-state index in [2.05, 4.69) is 9.71 Å². The Balaban J connectivity index is 1.60. The van der Waals surface area contributed by atoms with Crippen molar-refractivity contribution in [1.29, 1.82) is 0 Å². The van der Waals surface area contributed by atoms with Crippen molar-refractivity contribution in [3.05, 3.63) is 72.5 Å². The number of halogens is 1. The number of nitrogens with zero attached hydrogens (tertiary/aromatic N) is 1. The molecule has 4 aromatic rings. The van der Waals surface area contributed by atoms with Gasteiger partial charge in [0, 0.05) is 11.3 Å². The predicted molar refractivity (Wildman–Crippen MR) is 109 cm³/mol. The Morgan fingerprint density at radius 3 is 2.50 bits per heavy atom. The van der Waals surface area contributed by atoms with Crippen LogP contribution in [0.4, 0.5) is 10.1 Å². The van der Waals surface area contributed by atoms with E-state index in [0.29, 0.717) is 5.69 Å². The van der Waals surface area contributed by atoms with Gasteiger partial charge in [0.15, 0.2) is 0 Å². The summed E-state index contributed by atoms with van der Waals surface area (Å²) in [6.45, 7) is 0. The van der Waals surface area contributed by atoms with Gasteiger partial charge < -0.3 is 4.74 Å². The van der Waals surface area contributed by atoms with Crippen molar-refractivity contribution in [2.24, 2.45) is 0 Å². The monoisotopic (exact) mass is 414 g/mol. The Bertz CT molecular complexity index is 1250. The van der Waals surface area contributed by atoms with Crippen LogP contribution in [0.1, 0.15) is 0 Å². The molecule has 0 aliphatic rings.